The molecule has 2 aromatic rings. The van der Waals surface area contributed by atoms with E-state index < -0.39 is 9.84 Å². The Morgan fingerprint density at radius 1 is 0.962 bits per heavy atom. The molecule has 2 fully saturated rings. The highest BCUT2D eigenvalue weighted by atomic mass is 32.2. The molecule has 4 rings (SSSR count). The Labute approximate surface area is 153 Å². The summed E-state index contributed by atoms with van der Waals surface area (Å²) in [6, 6.07) is 11.7. The molecule has 1 aromatic heterocycles. The second-order valence-corrected chi connectivity index (χ2v) is 9.25. The molecular formula is C19H23N3O3S. The molecule has 2 aliphatic heterocycles. The first-order valence-electron chi connectivity index (χ1n) is 8.99. The number of carbonyl (C=O) groups excluding carboxylic acids is 1. The summed E-state index contributed by atoms with van der Waals surface area (Å²) in [7, 11) is -2.86. The van der Waals surface area contributed by atoms with Crippen LogP contribution in [0.1, 0.15) is 16.8 Å². The van der Waals surface area contributed by atoms with Crippen LogP contribution in [-0.2, 0) is 9.84 Å². The van der Waals surface area contributed by atoms with E-state index in [9.17, 15) is 13.2 Å². The van der Waals surface area contributed by atoms with Crippen LogP contribution < -0.4 is 0 Å². The van der Waals surface area contributed by atoms with Gasteiger partial charge in [-0.1, -0.05) is 0 Å². The molecule has 0 radical (unpaired) electrons. The van der Waals surface area contributed by atoms with Crippen molar-refractivity contribution in [1.82, 2.24) is 14.4 Å². The van der Waals surface area contributed by atoms with E-state index >= 15 is 0 Å². The van der Waals surface area contributed by atoms with E-state index in [-0.39, 0.29) is 17.7 Å². The van der Waals surface area contributed by atoms with Gasteiger partial charge in [0.1, 0.15) is 0 Å². The Balaban J connectivity index is 1.36. The molecule has 7 heteroatoms. The van der Waals surface area contributed by atoms with Gasteiger partial charge < -0.3 is 9.47 Å². The lowest BCUT2D eigenvalue weighted by molar-refractivity contribution is 0.0588. The van der Waals surface area contributed by atoms with E-state index in [4.69, 9.17) is 0 Å². The molecule has 0 aliphatic carbocycles. The molecule has 3 heterocycles. The first-order chi connectivity index (χ1) is 12.5. The highest BCUT2D eigenvalue weighted by Gasteiger charge is 2.34. The second-order valence-electron chi connectivity index (χ2n) is 7.02. The molecule has 6 nitrogen and oxygen atoms in total. The van der Waals surface area contributed by atoms with Crippen molar-refractivity contribution in [2.24, 2.45) is 0 Å². The number of carbonyl (C=O) groups is 1. The van der Waals surface area contributed by atoms with Crippen molar-refractivity contribution in [3.8, 4) is 5.69 Å². The molecule has 1 amide bonds. The molecule has 0 N–H and O–H groups in total. The van der Waals surface area contributed by atoms with Crippen LogP contribution in [0.4, 0.5) is 0 Å². The van der Waals surface area contributed by atoms with Gasteiger partial charge in [0.05, 0.1) is 11.5 Å². The second kappa shape index (κ2) is 6.89. The number of piperazine rings is 1. The maximum atomic E-state index is 12.7. The number of rotatable bonds is 3. The first kappa shape index (κ1) is 17.3. The zero-order valence-corrected chi connectivity index (χ0v) is 15.4. The van der Waals surface area contributed by atoms with Crippen molar-refractivity contribution >= 4 is 15.7 Å². The number of amides is 1. The van der Waals surface area contributed by atoms with Gasteiger partial charge in [0.15, 0.2) is 9.84 Å². The van der Waals surface area contributed by atoms with E-state index in [0.29, 0.717) is 24.4 Å². The van der Waals surface area contributed by atoms with Crippen molar-refractivity contribution in [2.75, 3.05) is 37.7 Å². The Kier molecular flexibility index (Phi) is 4.58. The lowest BCUT2D eigenvalue weighted by Crippen LogP contribution is -2.52. The summed E-state index contributed by atoms with van der Waals surface area (Å²) in [6.45, 7) is 2.78. The lowest BCUT2D eigenvalue weighted by atomic mass is 10.1. The van der Waals surface area contributed by atoms with Gasteiger partial charge in [-0.2, -0.15) is 0 Å². The normalized spacial score (nSPS) is 23.2. The monoisotopic (exact) mass is 373 g/mol. The van der Waals surface area contributed by atoms with Crippen molar-refractivity contribution < 1.29 is 13.2 Å². The maximum absolute atomic E-state index is 12.7. The van der Waals surface area contributed by atoms with Gasteiger partial charge in [0.2, 0.25) is 0 Å². The number of sulfone groups is 1. The van der Waals surface area contributed by atoms with Crippen LogP contribution in [0.5, 0.6) is 0 Å². The average Bonchev–Trinajstić information content (AvgIpc) is 3.31. The predicted molar refractivity (Wildman–Crippen MR) is 100 cm³/mol. The minimum atomic E-state index is -2.86. The van der Waals surface area contributed by atoms with E-state index in [0.717, 1.165) is 25.2 Å². The third-order valence-corrected chi connectivity index (χ3v) is 7.09. The first-order valence-corrected chi connectivity index (χ1v) is 10.8. The summed E-state index contributed by atoms with van der Waals surface area (Å²) in [5.74, 6) is 0.606. The molecule has 0 bridgehead atoms. The maximum Gasteiger partial charge on any atom is 0.253 e. The number of benzene rings is 1. The van der Waals surface area contributed by atoms with Crippen molar-refractivity contribution in [2.45, 2.75) is 12.5 Å². The fourth-order valence-corrected chi connectivity index (χ4v) is 5.58. The van der Waals surface area contributed by atoms with E-state index in [1.165, 1.54) is 0 Å². The summed E-state index contributed by atoms with van der Waals surface area (Å²) in [5, 5.41) is 0. The predicted octanol–water partition coefficient (Wildman–Crippen LogP) is 1.42. The Morgan fingerprint density at radius 2 is 1.62 bits per heavy atom. The molecule has 1 aromatic carbocycles. The van der Waals surface area contributed by atoms with Crippen LogP contribution in [0, 0.1) is 0 Å². The van der Waals surface area contributed by atoms with Crippen LogP contribution in [0.25, 0.3) is 5.69 Å². The molecule has 0 spiro atoms. The van der Waals surface area contributed by atoms with Gasteiger partial charge in [-0.3, -0.25) is 9.69 Å². The SMILES string of the molecule is O=C(c1ccc(-n2cccc2)cc1)N1CCN(C2CCS(=O)(=O)C2)CC1. The molecule has 138 valence electrons. The van der Waals surface area contributed by atoms with E-state index in [1.807, 2.05) is 58.3 Å². The summed E-state index contributed by atoms with van der Waals surface area (Å²) in [4.78, 5) is 16.8. The van der Waals surface area contributed by atoms with Crippen LogP contribution in [0.15, 0.2) is 48.8 Å². The largest absolute Gasteiger partial charge is 0.336 e. The highest BCUT2D eigenvalue weighted by molar-refractivity contribution is 7.91. The highest BCUT2D eigenvalue weighted by Crippen LogP contribution is 2.20. The van der Waals surface area contributed by atoms with Crippen LogP contribution in [0.2, 0.25) is 0 Å². The summed E-state index contributed by atoms with van der Waals surface area (Å²) in [6.07, 6.45) is 4.66. The fourth-order valence-electron chi connectivity index (χ4n) is 3.82. The average molecular weight is 373 g/mol. The summed E-state index contributed by atoms with van der Waals surface area (Å²) >= 11 is 0. The topological polar surface area (TPSA) is 62.6 Å². The third-order valence-electron chi connectivity index (χ3n) is 5.34. The Morgan fingerprint density at radius 3 is 2.19 bits per heavy atom. The molecule has 26 heavy (non-hydrogen) atoms. The number of hydrogen-bond donors (Lipinski definition) is 0. The van der Waals surface area contributed by atoms with Crippen LogP contribution in [-0.4, -0.2) is 72.4 Å². The quantitative estimate of drug-likeness (QED) is 0.816. The summed E-state index contributed by atoms with van der Waals surface area (Å²) < 4.78 is 25.3. The molecule has 2 aliphatic rings. The molecule has 1 unspecified atom stereocenters. The van der Waals surface area contributed by atoms with Gasteiger partial charge in [-0.05, 0) is 42.8 Å². The Hall–Kier alpha value is -2.12. The van der Waals surface area contributed by atoms with Crippen LogP contribution in [0.3, 0.4) is 0 Å². The van der Waals surface area contributed by atoms with Gasteiger partial charge in [0.25, 0.3) is 5.91 Å². The van der Waals surface area contributed by atoms with Gasteiger partial charge >= 0.3 is 0 Å². The van der Waals surface area contributed by atoms with E-state index in [2.05, 4.69) is 4.90 Å². The molecule has 0 saturated carbocycles. The van der Waals surface area contributed by atoms with Gasteiger partial charge in [-0.25, -0.2) is 8.42 Å². The Bertz CT molecular complexity index is 867. The minimum absolute atomic E-state index is 0.0442. The number of aromatic nitrogens is 1. The number of nitrogens with zero attached hydrogens (tertiary/aromatic N) is 3. The molecular weight excluding hydrogens is 350 g/mol. The number of hydrogen-bond acceptors (Lipinski definition) is 4. The fraction of sp³-hybridized carbons (Fsp3) is 0.421. The summed E-state index contributed by atoms with van der Waals surface area (Å²) in [5.41, 5.74) is 1.72. The van der Waals surface area contributed by atoms with Crippen LogP contribution >= 0.6 is 0 Å². The van der Waals surface area contributed by atoms with Gasteiger partial charge in [-0.15, -0.1) is 0 Å². The molecule has 1 atom stereocenters. The smallest absolute Gasteiger partial charge is 0.253 e. The molecule has 2 saturated heterocycles. The minimum Gasteiger partial charge on any atom is -0.336 e. The van der Waals surface area contributed by atoms with E-state index in [1.54, 1.807) is 0 Å². The zero-order chi connectivity index (χ0) is 18.1. The van der Waals surface area contributed by atoms with Crippen molar-refractivity contribution in [3.05, 3.63) is 54.4 Å². The third kappa shape index (κ3) is 3.54. The lowest BCUT2D eigenvalue weighted by Gasteiger charge is -2.37. The van der Waals surface area contributed by atoms with Crippen molar-refractivity contribution in [1.29, 1.82) is 0 Å². The van der Waals surface area contributed by atoms with Gasteiger partial charge in [0, 0.05) is 55.9 Å². The zero-order valence-electron chi connectivity index (χ0n) is 14.6. The standard InChI is InChI=1S/C19H23N3O3S/c23-19(16-3-5-17(6-4-16)20-8-1-2-9-20)22-12-10-21(11-13-22)18-7-14-26(24,25)15-18/h1-6,8-9,18H,7,10-15H2. The van der Waals surface area contributed by atoms with Crippen molar-refractivity contribution in [3.63, 3.8) is 0 Å².